The minimum Gasteiger partial charge on any atom is -0.365 e. The van der Waals surface area contributed by atoms with E-state index in [0.29, 0.717) is 5.69 Å². The van der Waals surface area contributed by atoms with E-state index in [0.717, 1.165) is 11.1 Å². The first-order valence-electron chi connectivity index (χ1n) is 6.87. The Kier molecular flexibility index (Phi) is 2.25. The molecule has 2 fully saturated rings. The SMILES string of the molecule is Cc1cccc(N2C(=O)[C@@H]3[C@@H](C2=O)[C@H]2C=C[C@H]3O2)c1C. The van der Waals surface area contributed by atoms with E-state index in [1.165, 1.54) is 4.90 Å². The number of hydrogen-bond donors (Lipinski definition) is 0. The Labute approximate surface area is 117 Å². The molecular formula is C16H15NO3. The van der Waals surface area contributed by atoms with Crippen LogP contribution in [-0.2, 0) is 14.3 Å². The topological polar surface area (TPSA) is 46.6 Å². The molecule has 2 bridgehead atoms. The largest absolute Gasteiger partial charge is 0.365 e. The van der Waals surface area contributed by atoms with Gasteiger partial charge in [-0.25, -0.2) is 4.90 Å². The van der Waals surface area contributed by atoms with Crippen LogP contribution in [0.2, 0.25) is 0 Å². The molecule has 0 N–H and O–H groups in total. The molecule has 3 aliphatic heterocycles. The van der Waals surface area contributed by atoms with Gasteiger partial charge in [-0.05, 0) is 31.0 Å². The maximum absolute atomic E-state index is 12.6. The predicted molar refractivity (Wildman–Crippen MR) is 73.2 cm³/mol. The normalized spacial score (nSPS) is 34.2. The molecule has 4 rings (SSSR count). The summed E-state index contributed by atoms with van der Waals surface area (Å²) in [4.78, 5) is 26.7. The summed E-state index contributed by atoms with van der Waals surface area (Å²) in [7, 11) is 0. The van der Waals surface area contributed by atoms with E-state index in [1.807, 2.05) is 44.2 Å². The van der Waals surface area contributed by atoms with E-state index in [1.54, 1.807) is 0 Å². The number of benzene rings is 1. The third kappa shape index (κ3) is 1.29. The summed E-state index contributed by atoms with van der Waals surface area (Å²) in [5, 5.41) is 0. The van der Waals surface area contributed by atoms with Gasteiger partial charge in [0.05, 0.1) is 29.7 Å². The summed E-state index contributed by atoms with van der Waals surface area (Å²) < 4.78 is 5.64. The average Bonchev–Trinajstić information content (AvgIpc) is 3.09. The summed E-state index contributed by atoms with van der Waals surface area (Å²) in [6.07, 6.45) is 3.36. The average molecular weight is 269 g/mol. The Hall–Kier alpha value is -1.94. The van der Waals surface area contributed by atoms with E-state index >= 15 is 0 Å². The van der Waals surface area contributed by atoms with Crippen LogP contribution in [-0.4, -0.2) is 24.0 Å². The van der Waals surface area contributed by atoms with Crippen LogP contribution in [0.1, 0.15) is 11.1 Å². The van der Waals surface area contributed by atoms with Crippen LogP contribution in [0.15, 0.2) is 30.4 Å². The van der Waals surface area contributed by atoms with Gasteiger partial charge in [-0.1, -0.05) is 24.3 Å². The van der Waals surface area contributed by atoms with Gasteiger partial charge in [0.25, 0.3) is 0 Å². The lowest BCUT2D eigenvalue weighted by Crippen LogP contribution is -2.35. The third-order valence-electron chi connectivity index (χ3n) is 4.73. The van der Waals surface area contributed by atoms with E-state index in [9.17, 15) is 9.59 Å². The van der Waals surface area contributed by atoms with E-state index < -0.39 is 0 Å². The maximum atomic E-state index is 12.6. The van der Waals surface area contributed by atoms with Gasteiger partial charge in [0.15, 0.2) is 0 Å². The van der Waals surface area contributed by atoms with Crippen LogP contribution in [0, 0.1) is 25.7 Å². The molecule has 102 valence electrons. The molecule has 0 aliphatic carbocycles. The molecule has 2 saturated heterocycles. The number of rotatable bonds is 1. The molecule has 4 heteroatoms. The van der Waals surface area contributed by atoms with E-state index in [-0.39, 0.29) is 35.9 Å². The number of nitrogens with zero attached hydrogens (tertiary/aromatic N) is 1. The Bertz CT molecular complexity index is 634. The fourth-order valence-electron chi connectivity index (χ4n) is 3.52. The first-order chi connectivity index (χ1) is 9.59. The second kappa shape index (κ2) is 3.79. The summed E-state index contributed by atoms with van der Waals surface area (Å²) >= 11 is 0. The zero-order valence-corrected chi connectivity index (χ0v) is 11.4. The van der Waals surface area contributed by atoms with Gasteiger partial charge in [0.1, 0.15) is 0 Å². The summed E-state index contributed by atoms with van der Waals surface area (Å²) in [6.45, 7) is 3.93. The molecule has 4 atom stereocenters. The third-order valence-corrected chi connectivity index (χ3v) is 4.73. The van der Waals surface area contributed by atoms with E-state index in [4.69, 9.17) is 4.74 Å². The molecule has 20 heavy (non-hydrogen) atoms. The molecule has 0 saturated carbocycles. The monoisotopic (exact) mass is 269 g/mol. The number of ether oxygens (including phenoxy) is 1. The number of imide groups is 1. The van der Waals surface area contributed by atoms with Gasteiger partial charge in [0.2, 0.25) is 11.8 Å². The molecule has 0 spiro atoms. The van der Waals surface area contributed by atoms with Crippen molar-refractivity contribution >= 4 is 17.5 Å². The first-order valence-corrected chi connectivity index (χ1v) is 6.87. The minimum atomic E-state index is -0.336. The summed E-state index contributed by atoms with van der Waals surface area (Å²) in [5.41, 5.74) is 2.78. The Morgan fingerprint density at radius 1 is 1.00 bits per heavy atom. The van der Waals surface area contributed by atoms with Crippen LogP contribution in [0.25, 0.3) is 0 Å². The zero-order valence-electron chi connectivity index (χ0n) is 11.4. The van der Waals surface area contributed by atoms with Crippen LogP contribution in [0.3, 0.4) is 0 Å². The van der Waals surface area contributed by atoms with Crippen molar-refractivity contribution in [1.29, 1.82) is 0 Å². The molecule has 0 aromatic heterocycles. The van der Waals surface area contributed by atoms with Gasteiger partial charge in [-0.15, -0.1) is 0 Å². The molecule has 0 radical (unpaired) electrons. The van der Waals surface area contributed by atoms with Gasteiger partial charge in [0, 0.05) is 0 Å². The number of carbonyl (C=O) groups is 2. The number of aryl methyl sites for hydroxylation is 1. The highest BCUT2D eigenvalue weighted by Crippen LogP contribution is 2.46. The van der Waals surface area contributed by atoms with Crippen LogP contribution in [0.4, 0.5) is 5.69 Å². The smallest absolute Gasteiger partial charge is 0.240 e. The first kappa shape index (κ1) is 11.9. The van der Waals surface area contributed by atoms with Gasteiger partial charge < -0.3 is 4.74 Å². The lowest BCUT2D eigenvalue weighted by Gasteiger charge is -2.20. The van der Waals surface area contributed by atoms with Gasteiger partial charge in [-0.2, -0.15) is 0 Å². The second-order valence-electron chi connectivity index (χ2n) is 5.73. The Balaban J connectivity index is 1.80. The number of fused-ring (bicyclic) bond motifs is 5. The molecule has 2 amide bonds. The standard InChI is InChI=1S/C16H15NO3/c1-8-4-3-5-10(9(8)2)17-15(18)13-11-6-7-12(20-11)14(13)16(17)19/h3-7,11-14H,1-2H3/t11-,12-,13+,14+/m1/s1. The highest BCUT2D eigenvalue weighted by atomic mass is 16.5. The lowest BCUT2D eigenvalue weighted by molar-refractivity contribution is -0.124. The minimum absolute atomic E-state index is 0.120. The van der Waals surface area contributed by atoms with Crippen molar-refractivity contribution in [2.24, 2.45) is 11.8 Å². The van der Waals surface area contributed by atoms with Crippen molar-refractivity contribution in [2.75, 3.05) is 4.90 Å². The molecule has 3 heterocycles. The second-order valence-corrected chi connectivity index (χ2v) is 5.73. The molecule has 3 aliphatic rings. The highest BCUT2D eigenvalue weighted by molar-refractivity contribution is 6.23. The molecule has 4 nitrogen and oxygen atoms in total. The molecular weight excluding hydrogens is 254 g/mol. The van der Waals surface area contributed by atoms with Crippen molar-refractivity contribution < 1.29 is 14.3 Å². The molecule has 1 aromatic rings. The lowest BCUT2D eigenvalue weighted by atomic mass is 9.85. The highest BCUT2D eigenvalue weighted by Gasteiger charge is 2.61. The van der Waals surface area contributed by atoms with Crippen LogP contribution in [0.5, 0.6) is 0 Å². The van der Waals surface area contributed by atoms with Crippen molar-refractivity contribution in [3.63, 3.8) is 0 Å². The quantitative estimate of drug-likeness (QED) is 0.576. The van der Waals surface area contributed by atoms with Crippen molar-refractivity contribution in [2.45, 2.75) is 26.1 Å². The maximum Gasteiger partial charge on any atom is 0.240 e. The molecule has 1 aromatic carbocycles. The van der Waals surface area contributed by atoms with Gasteiger partial charge in [-0.3, -0.25) is 9.59 Å². The fraction of sp³-hybridized carbons (Fsp3) is 0.375. The number of anilines is 1. The van der Waals surface area contributed by atoms with Crippen LogP contribution >= 0.6 is 0 Å². The molecule has 0 unspecified atom stereocenters. The van der Waals surface area contributed by atoms with Crippen LogP contribution < -0.4 is 4.90 Å². The van der Waals surface area contributed by atoms with Crippen molar-refractivity contribution in [3.8, 4) is 0 Å². The van der Waals surface area contributed by atoms with Crippen molar-refractivity contribution in [1.82, 2.24) is 0 Å². The Morgan fingerprint density at radius 3 is 2.20 bits per heavy atom. The number of hydrogen-bond acceptors (Lipinski definition) is 3. The van der Waals surface area contributed by atoms with Gasteiger partial charge >= 0.3 is 0 Å². The zero-order chi connectivity index (χ0) is 14.0. The summed E-state index contributed by atoms with van der Waals surface area (Å²) in [5.74, 6) is -0.911. The number of carbonyl (C=O) groups excluding carboxylic acids is 2. The predicted octanol–water partition coefficient (Wildman–Crippen LogP) is 1.75. The summed E-state index contributed by atoms with van der Waals surface area (Å²) in [6, 6.07) is 5.71. The number of amides is 2. The Morgan fingerprint density at radius 2 is 1.60 bits per heavy atom. The van der Waals surface area contributed by atoms with E-state index in [2.05, 4.69) is 0 Å². The fourth-order valence-corrected chi connectivity index (χ4v) is 3.52. The van der Waals surface area contributed by atoms with Crippen molar-refractivity contribution in [3.05, 3.63) is 41.5 Å².